The van der Waals surface area contributed by atoms with E-state index in [0.29, 0.717) is 42.4 Å². The van der Waals surface area contributed by atoms with Gasteiger partial charge in [0, 0.05) is 23.9 Å². The number of hydrogen-bond donors (Lipinski definition) is 1. The summed E-state index contributed by atoms with van der Waals surface area (Å²) in [4.78, 5) is 27.7. The number of anilines is 1. The predicted molar refractivity (Wildman–Crippen MR) is 103 cm³/mol. The van der Waals surface area contributed by atoms with Gasteiger partial charge in [0.25, 0.3) is 0 Å². The van der Waals surface area contributed by atoms with Crippen molar-refractivity contribution in [2.75, 3.05) is 19.0 Å². The maximum Gasteiger partial charge on any atom is 0.343 e. The van der Waals surface area contributed by atoms with Crippen LogP contribution < -0.4 is 10.1 Å². The fraction of sp³-hybridized carbons (Fsp3) is 0.500. The van der Waals surface area contributed by atoms with E-state index in [-0.39, 0.29) is 17.9 Å². The summed E-state index contributed by atoms with van der Waals surface area (Å²) in [5.74, 6) is 1.19. The number of benzene rings is 1. The molecule has 2 aromatic rings. The maximum atomic E-state index is 12.2. The van der Waals surface area contributed by atoms with Crippen molar-refractivity contribution in [2.24, 2.45) is 0 Å². The molecule has 0 fully saturated rings. The quantitative estimate of drug-likeness (QED) is 0.692. The zero-order valence-electron chi connectivity index (χ0n) is 17.0. The molecule has 0 spiro atoms. The number of nitrogens with zero attached hydrogens (tertiary/aromatic N) is 2. The minimum atomic E-state index is -0.453. The molecule has 0 bridgehead atoms. The van der Waals surface area contributed by atoms with Crippen molar-refractivity contribution < 1.29 is 23.6 Å². The van der Waals surface area contributed by atoms with E-state index in [1.54, 1.807) is 18.2 Å². The van der Waals surface area contributed by atoms with Gasteiger partial charge in [-0.05, 0) is 37.1 Å². The third-order valence-corrected chi connectivity index (χ3v) is 3.99. The average Bonchev–Trinajstić information content (AvgIpc) is 3.11. The molecule has 1 heterocycles. The van der Waals surface area contributed by atoms with Crippen LogP contribution in [0.25, 0.3) is 0 Å². The van der Waals surface area contributed by atoms with Crippen LogP contribution in [-0.2, 0) is 26.2 Å². The number of rotatable bonds is 8. The highest BCUT2D eigenvalue weighted by Crippen LogP contribution is 2.22. The molecule has 0 aliphatic heterocycles. The first-order chi connectivity index (χ1) is 13.2. The van der Waals surface area contributed by atoms with Crippen molar-refractivity contribution in [3.63, 3.8) is 0 Å². The smallest absolute Gasteiger partial charge is 0.343 e. The average molecular weight is 389 g/mol. The molecule has 0 saturated carbocycles. The number of aryl methyl sites for hydroxylation is 2. The topological polar surface area (TPSA) is 104 Å². The molecule has 1 N–H and O–H groups in total. The predicted octanol–water partition coefficient (Wildman–Crippen LogP) is 3.19. The fourth-order valence-electron chi connectivity index (χ4n) is 2.34. The number of carbonyl (C=O) groups excluding carboxylic acids is 2. The van der Waals surface area contributed by atoms with E-state index in [0.717, 1.165) is 5.56 Å². The molecule has 1 amide bonds. The van der Waals surface area contributed by atoms with Gasteiger partial charge in [-0.15, -0.1) is 0 Å². The first kappa shape index (κ1) is 21.4. The molecular formula is C20H27N3O5. The Hall–Kier alpha value is -2.90. The summed E-state index contributed by atoms with van der Waals surface area (Å²) in [6.45, 7) is 7.75. The van der Waals surface area contributed by atoms with Crippen molar-refractivity contribution >= 4 is 17.6 Å². The minimum Gasteiger partial charge on any atom is -0.482 e. The molecule has 0 unspecified atom stereocenters. The van der Waals surface area contributed by atoms with Crippen molar-refractivity contribution in [1.82, 2.24) is 10.1 Å². The van der Waals surface area contributed by atoms with E-state index in [2.05, 4.69) is 20.2 Å². The largest absolute Gasteiger partial charge is 0.482 e. The lowest BCUT2D eigenvalue weighted by molar-refractivity contribution is -0.142. The maximum absolute atomic E-state index is 12.2. The van der Waals surface area contributed by atoms with Crippen molar-refractivity contribution in [2.45, 2.75) is 52.4 Å². The number of amides is 1. The number of aromatic nitrogens is 2. The van der Waals surface area contributed by atoms with Gasteiger partial charge in [0.1, 0.15) is 5.75 Å². The standard InChI is InChI=1S/C20H27N3O5/c1-13-11-14(27-12-18(25)26-5)9-10-15(13)21-16(24)7-6-8-17-22-19(23-28-17)20(2,3)4/h9-11H,6-8,12H2,1-5H3,(H,21,24). The molecule has 0 radical (unpaired) electrons. The number of carbonyl (C=O) groups is 2. The minimum absolute atomic E-state index is 0.0955. The lowest BCUT2D eigenvalue weighted by Gasteiger charge is -2.11. The van der Waals surface area contributed by atoms with Gasteiger partial charge in [-0.2, -0.15) is 4.98 Å². The highest BCUT2D eigenvalue weighted by atomic mass is 16.6. The molecular weight excluding hydrogens is 362 g/mol. The van der Waals surface area contributed by atoms with Gasteiger partial charge in [-0.25, -0.2) is 4.79 Å². The van der Waals surface area contributed by atoms with Gasteiger partial charge < -0.3 is 19.3 Å². The Morgan fingerprint density at radius 3 is 2.61 bits per heavy atom. The molecule has 0 aliphatic carbocycles. The first-order valence-electron chi connectivity index (χ1n) is 9.12. The van der Waals surface area contributed by atoms with Crippen LogP contribution in [0, 0.1) is 6.92 Å². The molecule has 152 valence electrons. The molecule has 1 aromatic heterocycles. The number of methoxy groups -OCH3 is 1. The van der Waals surface area contributed by atoms with Gasteiger partial charge in [0.15, 0.2) is 12.4 Å². The lowest BCUT2D eigenvalue weighted by Crippen LogP contribution is -2.14. The summed E-state index contributed by atoms with van der Waals surface area (Å²) < 4.78 is 15.1. The molecule has 8 nitrogen and oxygen atoms in total. The summed E-state index contributed by atoms with van der Waals surface area (Å²) in [7, 11) is 1.30. The molecule has 0 atom stereocenters. The summed E-state index contributed by atoms with van der Waals surface area (Å²) >= 11 is 0. The lowest BCUT2D eigenvalue weighted by atomic mass is 9.96. The SMILES string of the molecule is COC(=O)COc1ccc(NC(=O)CCCc2nc(C(C)(C)C)no2)c(C)c1. The Morgan fingerprint density at radius 2 is 2.00 bits per heavy atom. The molecule has 0 aliphatic rings. The Kier molecular flexibility index (Phi) is 7.14. The highest BCUT2D eigenvalue weighted by molar-refractivity contribution is 5.91. The summed E-state index contributed by atoms with van der Waals surface area (Å²) in [5, 5.41) is 6.85. The van der Waals surface area contributed by atoms with Gasteiger partial charge in [0.05, 0.1) is 7.11 Å². The van der Waals surface area contributed by atoms with E-state index >= 15 is 0 Å². The number of nitrogens with one attached hydrogen (secondary N) is 1. The molecule has 28 heavy (non-hydrogen) atoms. The zero-order chi connectivity index (χ0) is 20.7. The van der Waals surface area contributed by atoms with Crippen LogP contribution in [0.3, 0.4) is 0 Å². The highest BCUT2D eigenvalue weighted by Gasteiger charge is 2.20. The van der Waals surface area contributed by atoms with Gasteiger partial charge in [0.2, 0.25) is 11.8 Å². The second-order valence-corrected chi connectivity index (χ2v) is 7.50. The van der Waals surface area contributed by atoms with E-state index in [1.807, 2.05) is 27.7 Å². The van der Waals surface area contributed by atoms with E-state index in [1.165, 1.54) is 7.11 Å². The third-order valence-electron chi connectivity index (χ3n) is 3.99. The van der Waals surface area contributed by atoms with Crippen LogP contribution in [0.15, 0.2) is 22.7 Å². The van der Waals surface area contributed by atoms with E-state index in [9.17, 15) is 9.59 Å². The van der Waals surface area contributed by atoms with Crippen molar-refractivity contribution in [3.8, 4) is 5.75 Å². The normalized spacial score (nSPS) is 11.2. The fourth-order valence-corrected chi connectivity index (χ4v) is 2.34. The second kappa shape index (κ2) is 9.34. The Balaban J connectivity index is 1.81. The van der Waals surface area contributed by atoms with Gasteiger partial charge in [-0.1, -0.05) is 25.9 Å². The van der Waals surface area contributed by atoms with E-state index in [4.69, 9.17) is 9.26 Å². The van der Waals surface area contributed by atoms with Crippen molar-refractivity contribution in [1.29, 1.82) is 0 Å². The van der Waals surface area contributed by atoms with Crippen LogP contribution in [0.4, 0.5) is 5.69 Å². The van der Waals surface area contributed by atoms with Gasteiger partial charge in [-0.3, -0.25) is 4.79 Å². The van der Waals surface area contributed by atoms with Crippen LogP contribution >= 0.6 is 0 Å². The van der Waals surface area contributed by atoms with Crippen LogP contribution in [-0.4, -0.2) is 35.7 Å². The number of hydrogen-bond acceptors (Lipinski definition) is 7. The molecule has 1 aromatic carbocycles. The Labute approximate surface area is 164 Å². The monoisotopic (exact) mass is 389 g/mol. The second-order valence-electron chi connectivity index (χ2n) is 7.50. The number of ether oxygens (including phenoxy) is 2. The van der Waals surface area contributed by atoms with Gasteiger partial charge >= 0.3 is 5.97 Å². The number of esters is 1. The van der Waals surface area contributed by atoms with Crippen LogP contribution in [0.5, 0.6) is 5.75 Å². The first-order valence-corrected chi connectivity index (χ1v) is 9.12. The Morgan fingerprint density at radius 1 is 1.25 bits per heavy atom. The molecule has 2 rings (SSSR count). The zero-order valence-corrected chi connectivity index (χ0v) is 17.0. The van der Waals surface area contributed by atoms with Crippen LogP contribution in [0.2, 0.25) is 0 Å². The van der Waals surface area contributed by atoms with Crippen molar-refractivity contribution in [3.05, 3.63) is 35.5 Å². The third kappa shape index (κ3) is 6.37. The molecule has 0 saturated heterocycles. The summed E-state index contributed by atoms with van der Waals surface area (Å²) in [6, 6.07) is 5.19. The van der Waals surface area contributed by atoms with E-state index < -0.39 is 5.97 Å². The summed E-state index contributed by atoms with van der Waals surface area (Å²) in [6.07, 6.45) is 1.50. The molecule has 8 heteroatoms. The summed E-state index contributed by atoms with van der Waals surface area (Å²) in [5.41, 5.74) is 1.37. The Bertz CT molecular complexity index is 823. The van der Waals surface area contributed by atoms with Crippen LogP contribution in [0.1, 0.15) is 50.9 Å².